The average Bonchev–Trinajstić information content (AvgIpc) is 2.43. The molecule has 0 aromatic carbocycles. The van der Waals surface area contributed by atoms with Gasteiger partial charge in [-0.15, -0.1) is 0 Å². The number of aryl methyl sites for hydroxylation is 2. The van der Waals surface area contributed by atoms with Gasteiger partial charge in [-0.3, -0.25) is 14.6 Å². The number of ether oxygens (including phenoxy) is 2. The van der Waals surface area contributed by atoms with Crippen LogP contribution in [0, 0.1) is 6.92 Å². The van der Waals surface area contributed by atoms with Gasteiger partial charge in [-0.25, -0.2) is 4.79 Å². The van der Waals surface area contributed by atoms with Crippen molar-refractivity contribution in [2.24, 2.45) is 5.73 Å². The summed E-state index contributed by atoms with van der Waals surface area (Å²) in [7, 11) is 4.94. The summed E-state index contributed by atoms with van der Waals surface area (Å²) in [5.74, 6) is -0.524. The fraction of sp³-hybridized carbons (Fsp3) is 0.583. The molecule has 0 radical (unpaired) electrons. The fourth-order valence-corrected chi connectivity index (χ4v) is 2.19. The molecular formula is C12H21B2N3O5. The third kappa shape index (κ3) is 4.60. The Labute approximate surface area is 129 Å². The van der Waals surface area contributed by atoms with Crippen LogP contribution in [0.4, 0.5) is 0 Å². The number of nitrogens with zero attached hydrogens (tertiary/aromatic N) is 1. The highest BCUT2D eigenvalue weighted by Crippen LogP contribution is 2.15. The number of H-pyrrole nitrogens is 1. The van der Waals surface area contributed by atoms with Gasteiger partial charge < -0.3 is 19.8 Å². The van der Waals surface area contributed by atoms with E-state index in [0.717, 1.165) is 0 Å². The molecule has 3 N–H and O–H groups in total. The molecule has 1 unspecified atom stereocenters. The highest BCUT2D eigenvalue weighted by Gasteiger charge is 2.32. The van der Waals surface area contributed by atoms with Crippen LogP contribution in [0.2, 0.25) is 0 Å². The molecule has 1 heterocycles. The third-order valence-electron chi connectivity index (χ3n) is 3.42. The molecule has 1 rings (SSSR count). The number of aromatic amines is 1. The van der Waals surface area contributed by atoms with Gasteiger partial charge in [0.25, 0.3) is 5.56 Å². The van der Waals surface area contributed by atoms with Crippen LogP contribution in [0.3, 0.4) is 0 Å². The fourth-order valence-electron chi connectivity index (χ4n) is 2.19. The summed E-state index contributed by atoms with van der Waals surface area (Å²) in [5, 5.41) is -0.883. The molecule has 1 atom stereocenters. The predicted octanol–water partition coefficient (Wildman–Crippen LogP) is -3.33. The molecule has 0 amide bonds. The van der Waals surface area contributed by atoms with E-state index in [2.05, 4.69) is 4.98 Å². The maximum absolute atomic E-state index is 11.7. The molecule has 0 bridgehead atoms. The van der Waals surface area contributed by atoms with Crippen LogP contribution in [0.1, 0.15) is 12.0 Å². The maximum Gasteiger partial charge on any atom is 0.328 e. The van der Waals surface area contributed by atoms with E-state index in [0.29, 0.717) is 18.5 Å². The van der Waals surface area contributed by atoms with E-state index in [1.165, 1.54) is 17.9 Å². The number of methoxy groups -OCH3 is 1. The topological polar surface area (TPSA) is 116 Å². The second kappa shape index (κ2) is 7.46. The van der Waals surface area contributed by atoms with Gasteiger partial charge in [0.05, 0.1) is 18.0 Å². The first-order chi connectivity index (χ1) is 10.2. The number of nitrogens with one attached hydrogen (secondary N) is 1. The van der Waals surface area contributed by atoms with Gasteiger partial charge >= 0.3 is 11.7 Å². The van der Waals surface area contributed by atoms with Crippen molar-refractivity contribution in [1.29, 1.82) is 0 Å². The monoisotopic (exact) mass is 309 g/mol. The summed E-state index contributed by atoms with van der Waals surface area (Å²) < 4.78 is 12.0. The van der Waals surface area contributed by atoms with Crippen molar-refractivity contribution in [3.8, 4) is 0 Å². The van der Waals surface area contributed by atoms with Gasteiger partial charge in [-0.1, -0.05) is 0 Å². The van der Waals surface area contributed by atoms with Gasteiger partial charge in [-0.2, -0.15) is 0 Å². The zero-order chi connectivity index (χ0) is 16.9. The van der Waals surface area contributed by atoms with Crippen LogP contribution in [0.25, 0.3) is 0 Å². The van der Waals surface area contributed by atoms with Gasteiger partial charge in [0.15, 0.2) is 15.7 Å². The normalized spacial score (nSPS) is 12.9. The van der Waals surface area contributed by atoms with E-state index >= 15 is 0 Å². The zero-order valence-corrected chi connectivity index (χ0v) is 13.3. The Bertz CT molecular complexity index is 640. The SMILES string of the molecule is BC(B)(OC(=O)CN)C(CCn1cc(C)c(=O)[nH]c1=O)OC. The van der Waals surface area contributed by atoms with Gasteiger partial charge in [0, 0.05) is 25.4 Å². The van der Waals surface area contributed by atoms with Gasteiger partial charge in [-0.05, 0) is 13.3 Å². The summed E-state index contributed by atoms with van der Waals surface area (Å²) in [6, 6.07) is 0. The first-order valence-corrected chi connectivity index (χ1v) is 6.96. The lowest BCUT2D eigenvalue weighted by atomic mass is 9.61. The number of carbonyl (C=O) groups is 1. The summed E-state index contributed by atoms with van der Waals surface area (Å²) in [6.45, 7) is 1.73. The van der Waals surface area contributed by atoms with Crippen LogP contribution in [0.15, 0.2) is 15.8 Å². The standard InChI is InChI=1S/C12H21B2N3O5/c1-7-6-17(11(20)16-10(7)19)4-3-8(21-2)12(13,14)22-9(18)5-15/h6,8H,3-5,13-15H2,1-2H3,(H,16,19,20). The second-order valence-corrected chi connectivity index (χ2v) is 5.56. The van der Waals surface area contributed by atoms with Crippen molar-refractivity contribution in [3.05, 3.63) is 32.6 Å². The number of aromatic nitrogens is 2. The Balaban J connectivity index is 2.83. The van der Waals surface area contributed by atoms with Crippen LogP contribution in [-0.2, 0) is 20.8 Å². The summed E-state index contributed by atoms with van der Waals surface area (Å²) in [6.07, 6.45) is 1.49. The lowest BCUT2D eigenvalue weighted by Crippen LogP contribution is -2.50. The Kier molecular flexibility index (Phi) is 6.19. The van der Waals surface area contributed by atoms with E-state index in [1.807, 2.05) is 0 Å². The molecule has 0 aliphatic rings. The van der Waals surface area contributed by atoms with Crippen molar-refractivity contribution in [3.63, 3.8) is 0 Å². The largest absolute Gasteiger partial charge is 0.474 e. The van der Waals surface area contributed by atoms with E-state index in [1.54, 1.807) is 22.6 Å². The smallest absolute Gasteiger partial charge is 0.328 e. The molecule has 0 saturated carbocycles. The lowest BCUT2D eigenvalue weighted by Gasteiger charge is -2.33. The number of nitrogens with two attached hydrogens (primary N) is 1. The number of esters is 1. The first kappa shape index (κ1) is 18.2. The van der Waals surface area contributed by atoms with Crippen LogP contribution in [0.5, 0.6) is 0 Å². The van der Waals surface area contributed by atoms with Gasteiger partial charge in [0.2, 0.25) is 0 Å². The molecule has 120 valence electrons. The summed E-state index contributed by atoms with van der Waals surface area (Å²) >= 11 is 0. The lowest BCUT2D eigenvalue weighted by molar-refractivity contribution is -0.152. The minimum atomic E-state index is -0.883. The molecule has 8 nitrogen and oxygen atoms in total. The molecule has 0 spiro atoms. The summed E-state index contributed by atoms with van der Waals surface area (Å²) in [5.41, 5.74) is 4.80. The van der Waals surface area contributed by atoms with Crippen LogP contribution < -0.4 is 17.0 Å². The summed E-state index contributed by atoms with van der Waals surface area (Å²) in [4.78, 5) is 36.7. The van der Waals surface area contributed by atoms with Crippen molar-refractivity contribution in [2.75, 3.05) is 13.7 Å². The Morgan fingerprint density at radius 1 is 1.50 bits per heavy atom. The highest BCUT2D eigenvalue weighted by molar-refractivity contribution is 6.40. The molecule has 1 aromatic rings. The molecule has 0 aliphatic heterocycles. The molecule has 0 saturated heterocycles. The van der Waals surface area contributed by atoms with Crippen molar-refractivity contribution < 1.29 is 14.3 Å². The number of carbonyl (C=O) groups excluding carboxylic acids is 1. The Hall–Kier alpha value is -1.80. The van der Waals surface area contributed by atoms with E-state index in [9.17, 15) is 14.4 Å². The number of hydrogen-bond donors (Lipinski definition) is 2. The van der Waals surface area contributed by atoms with Gasteiger partial charge in [0.1, 0.15) is 0 Å². The predicted molar refractivity (Wildman–Crippen MR) is 86.4 cm³/mol. The van der Waals surface area contributed by atoms with Crippen molar-refractivity contribution in [2.45, 2.75) is 31.4 Å². The number of hydrogen-bond acceptors (Lipinski definition) is 6. The van der Waals surface area contributed by atoms with E-state index in [-0.39, 0.29) is 6.54 Å². The average molecular weight is 309 g/mol. The maximum atomic E-state index is 11.7. The van der Waals surface area contributed by atoms with Crippen molar-refractivity contribution in [1.82, 2.24) is 9.55 Å². The molecule has 0 fully saturated rings. The molecule has 1 aromatic heterocycles. The Morgan fingerprint density at radius 2 is 2.14 bits per heavy atom. The van der Waals surface area contributed by atoms with E-state index in [4.69, 9.17) is 15.2 Å². The molecular weight excluding hydrogens is 288 g/mol. The zero-order valence-electron chi connectivity index (χ0n) is 13.3. The molecule has 22 heavy (non-hydrogen) atoms. The first-order valence-electron chi connectivity index (χ1n) is 6.96. The van der Waals surface area contributed by atoms with Crippen molar-refractivity contribution >= 4 is 21.7 Å². The molecule has 0 aliphatic carbocycles. The quantitative estimate of drug-likeness (QED) is 0.402. The van der Waals surface area contributed by atoms with Crippen LogP contribution >= 0.6 is 0 Å². The molecule has 10 heteroatoms. The van der Waals surface area contributed by atoms with Crippen LogP contribution in [-0.4, -0.2) is 56.4 Å². The highest BCUT2D eigenvalue weighted by atomic mass is 16.6. The third-order valence-corrected chi connectivity index (χ3v) is 3.42. The second-order valence-electron chi connectivity index (χ2n) is 5.56. The Morgan fingerprint density at radius 3 is 2.68 bits per heavy atom. The number of rotatable bonds is 7. The minimum Gasteiger partial charge on any atom is -0.474 e. The van der Waals surface area contributed by atoms with E-state index < -0.39 is 28.7 Å². The minimum absolute atomic E-state index is 0.210.